The number of nitrogens with one attached hydrogen (secondary N) is 3. The smallest absolute Gasteiger partial charge is 0.407 e. The summed E-state index contributed by atoms with van der Waals surface area (Å²) in [5.74, 6) is 1.23. The SMILES string of the molecule is CC(C)(C)OC(=O)NC1CCC(Nc2nccn3c(-c4ccnc(NCc5ccccc5Cl)n4)cnc23)CC1. The molecule has 3 heterocycles. The maximum atomic E-state index is 12.1. The van der Waals surface area contributed by atoms with E-state index in [-0.39, 0.29) is 18.2 Å². The maximum absolute atomic E-state index is 12.1. The van der Waals surface area contributed by atoms with E-state index in [2.05, 4.69) is 30.9 Å². The molecule has 5 rings (SSSR count). The molecule has 0 bridgehead atoms. The van der Waals surface area contributed by atoms with Crippen LogP contribution in [0, 0.1) is 0 Å². The number of amides is 1. The number of nitrogens with zero attached hydrogens (tertiary/aromatic N) is 5. The molecular formula is C28H33ClN8O2. The van der Waals surface area contributed by atoms with E-state index in [1.54, 1.807) is 18.6 Å². The summed E-state index contributed by atoms with van der Waals surface area (Å²) in [5, 5.41) is 10.5. The van der Waals surface area contributed by atoms with E-state index in [0.29, 0.717) is 17.5 Å². The highest BCUT2D eigenvalue weighted by Crippen LogP contribution is 2.26. The molecule has 1 amide bonds. The number of hydrogen-bond donors (Lipinski definition) is 3. The van der Waals surface area contributed by atoms with Gasteiger partial charge >= 0.3 is 6.09 Å². The van der Waals surface area contributed by atoms with Crippen molar-refractivity contribution >= 4 is 35.1 Å². The van der Waals surface area contributed by atoms with Gasteiger partial charge in [-0.15, -0.1) is 0 Å². The second-order valence-corrected chi connectivity index (χ2v) is 11.1. The van der Waals surface area contributed by atoms with Crippen LogP contribution in [0.3, 0.4) is 0 Å². The van der Waals surface area contributed by atoms with Gasteiger partial charge in [0, 0.05) is 42.2 Å². The zero-order valence-electron chi connectivity index (χ0n) is 22.3. The van der Waals surface area contributed by atoms with Crippen LogP contribution in [0.1, 0.15) is 52.0 Å². The molecule has 0 aliphatic heterocycles. The van der Waals surface area contributed by atoms with Crippen molar-refractivity contribution in [3.63, 3.8) is 0 Å². The first-order chi connectivity index (χ1) is 18.7. The highest BCUT2D eigenvalue weighted by molar-refractivity contribution is 6.31. The fraction of sp³-hybridized carbons (Fsp3) is 0.393. The molecule has 1 aliphatic rings. The number of hydrogen-bond acceptors (Lipinski definition) is 8. The molecule has 204 valence electrons. The molecule has 1 saturated carbocycles. The molecular weight excluding hydrogens is 516 g/mol. The predicted molar refractivity (Wildman–Crippen MR) is 152 cm³/mol. The first-order valence-corrected chi connectivity index (χ1v) is 13.5. The highest BCUT2D eigenvalue weighted by atomic mass is 35.5. The van der Waals surface area contributed by atoms with Crippen LogP contribution in [0.2, 0.25) is 5.02 Å². The van der Waals surface area contributed by atoms with Gasteiger partial charge in [-0.1, -0.05) is 29.8 Å². The number of ether oxygens (including phenoxy) is 1. The number of imidazole rings is 1. The fourth-order valence-corrected chi connectivity index (χ4v) is 4.87. The molecule has 0 radical (unpaired) electrons. The maximum Gasteiger partial charge on any atom is 0.407 e. The van der Waals surface area contributed by atoms with Gasteiger partial charge in [0.15, 0.2) is 11.5 Å². The number of halogens is 1. The minimum atomic E-state index is -0.503. The number of rotatable bonds is 7. The number of carbonyl (C=O) groups excluding carboxylic acids is 1. The van der Waals surface area contributed by atoms with E-state index in [1.807, 2.05) is 61.7 Å². The Kier molecular flexibility index (Phi) is 7.83. The Labute approximate surface area is 232 Å². The van der Waals surface area contributed by atoms with Crippen molar-refractivity contribution in [3.8, 4) is 11.4 Å². The fourth-order valence-electron chi connectivity index (χ4n) is 4.66. The summed E-state index contributed by atoms with van der Waals surface area (Å²) >= 11 is 6.27. The summed E-state index contributed by atoms with van der Waals surface area (Å²) in [6.07, 6.45) is 10.3. The number of alkyl carbamates (subject to hydrolysis) is 1. The van der Waals surface area contributed by atoms with E-state index < -0.39 is 5.60 Å². The van der Waals surface area contributed by atoms with Crippen molar-refractivity contribution < 1.29 is 9.53 Å². The monoisotopic (exact) mass is 548 g/mol. The van der Waals surface area contributed by atoms with Gasteiger partial charge < -0.3 is 20.7 Å². The van der Waals surface area contributed by atoms with Crippen LogP contribution in [0.4, 0.5) is 16.6 Å². The molecule has 39 heavy (non-hydrogen) atoms. The molecule has 0 atom stereocenters. The molecule has 3 N–H and O–H groups in total. The molecule has 0 unspecified atom stereocenters. The number of carbonyl (C=O) groups is 1. The molecule has 3 aromatic heterocycles. The van der Waals surface area contributed by atoms with Crippen LogP contribution >= 0.6 is 11.6 Å². The average molecular weight is 549 g/mol. The lowest BCUT2D eigenvalue weighted by Crippen LogP contribution is -2.42. The first kappa shape index (κ1) is 26.7. The van der Waals surface area contributed by atoms with Crippen molar-refractivity contribution in [3.05, 3.63) is 65.7 Å². The molecule has 0 saturated heterocycles. The minimum Gasteiger partial charge on any atom is -0.444 e. The van der Waals surface area contributed by atoms with Crippen molar-refractivity contribution in [1.29, 1.82) is 0 Å². The van der Waals surface area contributed by atoms with Crippen LogP contribution in [0.15, 0.2) is 55.1 Å². The Bertz CT molecular complexity index is 1440. The average Bonchev–Trinajstić information content (AvgIpc) is 3.34. The Balaban J connectivity index is 1.23. The van der Waals surface area contributed by atoms with Gasteiger partial charge in [-0.2, -0.15) is 0 Å². The Morgan fingerprint density at radius 1 is 1.05 bits per heavy atom. The number of fused-ring (bicyclic) bond motifs is 1. The summed E-state index contributed by atoms with van der Waals surface area (Å²) < 4.78 is 7.37. The Hall–Kier alpha value is -3.92. The van der Waals surface area contributed by atoms with E-state index >= 15 is 0 Å². The second kappa shape index (κ2) is 11.4. The van der Waals surface area contributed by atoms with Gasteiger partial charge in [-0.05, 0) is 64.2 Å². The van der Waals surface area contributed by atoms with Gasteiger partial charge in [-0.3, -0.25) is 4.40 Å². The molecule has 1 aliphatic carbocycles. The normalized spacial score (nSPS) is 17.5. The standard InChI is InChI=1S/C28H33ClN8O2/c1-28(2,3)39-27(38)35-20-10-8-19(9-11-20)34-24-25-32-17-23(37(25)15-14-30-24)22-12-13-31-26(36-22)33-16-18-6-4-5-7-21(18)29/h4-7,12-15,17,19-20H,8-11,16H2,1-3H3,(H,30,34)(H,35,38)(H,31,33,36). The number of aromatic nitrogens is 5. The summed E-state index contributed by atoms with van der Waals surface area (Å²) in [6.45, 7) is 6.12. The van der Waals surface area contributed by atoms with E-state index in [0.717, 1.165) is 54.1 Å². The van der Waals surface area contributed by atoms with Gasteiger partial charge in [0.25, 0.3) is 0 Å². The topological polar surface area (TPSA) is 118 Å². The Morgan fingerprint density at radius 2 is 1.82 bits per heavy atom. The zero-order chi connectivity index (χ0) is 27.4. The lowest BCUT2D eigenvalue weighted by Gasteiger charge is -2.30. The van der Waals surface area contributed by atoms with E-state index in [9.17, 15) is 4.79 Å². The predicted octanol–water partition coefficient (Wildman–Crippen LogP) is 5.70. The van der Waals surface area contributed by atoms with Crippen LogP contribution in [-0.4, -0.2) is 48.1 Å². The molecule has 0 spiro atoms. The highest BCUT2D eigenvalue weighted by Gasteiger charge is 2.25. The van der Waals surface area contributed by atoms with Gasteiger partial charge in [0.2, 0.25) is 5.95 Å². The van der Waals surface area contributed by atoms with Crippen molar-refractivity contribution in [2.75, 3.05) is 10.6 Å². The van der Waals surface area contributed by atoms with E-state index in [1.165, 1.54) is 0 Å². The van der Waals surface area contributed by atoms with Crippen LogP contribution in [0.5, 0.6) is 0 Å². The van der Waals surface area contributed by atoms with Gasteiger partial charge in [-0.25, -0.2) is 24.7 Å². The molecule has 10 nitrogen and oxygen atoms in total. The summed E-state index contributed by atoms with van der Waals surface area (Å²) in [4.78, 5) is 30.4. The van der Waals surface area contributed by atoms with E-state index in [4.69, 9.17) is 21.3 Å². The van der Waals surface area contributed by atoms with Crippen molar-refractivity contribution in [2.24, 2.45) is 0 Å². The minimum absolute atomic E-state index is 0.109. The molecule has 11 heteroatoms. The Morgan fingerprint density at radius 3 is 2.59 bits per heavy atom. The zero-order valence-corrected chi connectivity index (χ0v) is 23.1. The number of anilines is 2. The lowest BCUT2D eigenvalue weighted by molar-refractivity contribution is 0.0492. The largest absolute Gasteiger partial charge is 0.444 e. The number of benzene rings is 1. The third-order valence-corrected chi connectivity index (χ3v) is 6.90. The second-order valence-electron chi connectivity index (χ2n) is 10.7. The van der Waals surface area contributed by atoms with Crippen molar-refractivity contribution in [1.82, 2.24) is 29.7 Å². The van der Waals surface area contributed by atoms with Crippen LogP contribution in [0.25, 0.3) is 17.0 Å². The summed E-state index contributed by atoms with van der Waals surface area (Å²) in [6, 6.07) is 9.89. The summed E-state index contributed by atoms with van der Waals surface area (Å²) in [7, 11) is 0. The van der Waals surface area contributed by atoms with Crippen LogP contribution in [-0.2, 0) is 11.3 Å². The molecule has 1 fully saturated rings. The van der Waals surface area contributed by atoms with Crippen molar-refractivity contribution in [2.45, 2.75) is 70.7 Å². The quantitative estimate of drug-likeness (QED) is 0.269. The lowest BCUT2D eigenvalue weighted by atomic mass is 9.91. The van der Waals surface area contributed by atoms with Crippen LogP contribution < -0.4 is 16.0 Å². The summed E-state index contributed by atoms with van der Waals surface area (Å²) in [5.41, 5.74) is 2.77. The third-order valence-electron chi connectivity index (χ3n) is 6.53. The third kappa shape index (κ3) is 6.75. The van der Waals surface area contributed by atoms with Gasteiger partial charge in [0.1, 0.15) is 5.60 Å². The first-order valence-electron chi connectivity index (χ1n) is 13.1. The molecule has 4 aromatic rings. The van der Waals surface area contributed by atoms with Gasteiger partial charge in [0.05, 0.1) is 17.6 Å². The molecule has 1 aromatic carbocycles.